The first-order valence-electron chi connectivity index (χ1n) is 7.78. The van der Waals surface area contributed by atoms with Crippen LogP contribution in [0.2, 0.25) is 0 Å². The van der Waals surface area contributed by atoms with Gasteiger partial charge in [0.15, 0.2) is 0 Å². The highest BCUT2D eigenvalue weighted by Crippen LogP contribution is 2.28. The fourth-order valence-electron chi connectivity index (χ4n) is 2.55. The van der Waals surface area contributed by atoms with Crippen LogP contribution in [0.15, 0.2) is 34.9 Å². The van der Waals surface area contributed by atoms with E-state index in [2.05, 4.69) is 20.7 Å². The molecule has 122 valence electrons. The predicted molar refractivity (Wildman–Crippen MR) is 91.0 cm³/mol. The number of aromatic nitrogens is 1. The van der Waals surface area contributed by atoms with Gasteiger partial charge in [0.05, 0.1) is 23.6 Å². The van der Waals surface area contributed by atoms with E-state index >= 15 is 0 Å². The molecular formula is C17H22N4O2. The van der Waals surface area contributed by atoms with Gasteiger partial charge < -0.3 is 14.7 Å². The molecule has 0 fully saturated rings. The molecule has 1 aliphatic rings. The fraction of sp³-hybridized carbons (Fsp3) is 0.412. The van der Waals surface area contributed by atoms with Crippen LogP contribution in [0.25, 0.3) is 0 Å². The second kappa shape index (κ2) is 5.95. The highest BCUT2D eigenvalue weighted by atomic mass is 16.5. The van der Waals surface area contributed by atoms with Crippen LogP contribution >= 0.6 is 0 Å². The Morgan fingerprint density at radius 2 is 2.17 bits per heavy atom. The summed E-state index contributed by atoms with van der Waals surface area (Å²) in [6.45, 7) is 8.04. The van der Waals surface area contributed by atoms with Crippen molar-refractivity contribution in [2.75, 3.05) is 35.2 Å². The summed E-state index contributed by atoms with van der Waals surface area (Å²) >= 11 is 0. The van der Waals surface area contributed by atoms with Gasteiger partial charge >= 0.3 is 0 Å². The van der Waals surface area contributed by atoms with Crippen molar-refractivity contribution in [3.63, 3.8) is 0 Å². The first-order chi connectivity index (χ1) is 10.9. The molecule has 6 heteroatoms. The Kier molecular flexibility index (Phi) is 3.98. The molecule has 0 aliphatic carbocycles. The lowest BCUT2D eigenvalue weighted by Gasteiger charge is -2.31. The molecule has 1 aromatic heterocycles. The van der Waals surface area contributed by atoms with E-state index in [1.54, 1.807) is 6.07 Å². The van der Waals surface area contributed by atoms with Crippen LogP contribution in [0.3, 0.4) is 0 Å². The number of fused-ring (bicyclic) bond motifs is 1. The van der Waals surface area contributed by atoms with Gasteiger partial charge in [-0.3, -0.25) is 10.1 Å². The molecule has 0 bridgehead atoms. The Bertz CT molecular complexity index is 703. The lowest BCUT2D eigenvalue weighted by atomic mass is 9.92. The van der Waals surface area contributed by atoms with Crippen molar-refractivity contribution in [2.45, 2.75) is 26.2 Å². The minimum absolute atomic E-state index is 0.107. The molecule has 1 aromatic carbocycles. The summed E-state index contributed by atoms with van der Waals surface area (Å²) < 4.78 is 5.21. The molecular weight excluding hydrogens is 292 g/mol. The van der Waals surface area contributed by atoms with Crippen LogP contribution in [-0.4, -0.2) is 30.7 Å². The molecule has 2 aromatic rings. The van der Waals surface area contributed by atoms with E-state index in [9.17, 15) is 4.79 Å². The lowest BCUT2D eigenvalue weighted by molar-refractivity contribution is -0.115. The third-order valence-electron chi connectivity index (χ3n) is 3.82. The molecule has 0 saturated heterocycles. The van der Waals surface area contributed by atoms with Gasteiger partial charge in [-0.15, -0.1) is 0 Å². The topological polar surface area (TPSA) is 70.4 Å². The van der Waals surface area contributed by atoms with Gasteiger partial charge in [0.2, 0.25) is 11.8 Å². The second-order valence-corrected chi connectivity index (χ2v) is 6.74. The first-order valence-corrected chi connectivity index (χ1v) is 7.78. The monoisotopic (exact) mass is 314 g/mol. The Morgan fingerprint density at radius 3 is 2.91 bits per heavy atom. The summed E-state index contributed by atoms with van der Waals surface area (Å²) in [7, 11) is 0. The SMILES string of the molecule is CC(C)(C)c1cc(NC(=O)CN2CCNc3ccccc32)on1. The van der Waals surface area contributed by atoms with Crippen molar-refractivity contribution in [1.29, 1.82) is 0 Å². The zero-order valence-electron chi connectivity index (χ0n) is 13.7. The largest absolute Gasteiger partial charge is 0.382 e. The minimum Gasteiger partial charge on any atom is -0.382 e. The van der Waals surface area contributed by atoms with Gasteiger partial charge in [0, 0.05) is 24.6 Å². The zero-order valence-corrected chi connectivity index (χ0v) is 13.7. The number of amides is 1. The fourth-order valence-corrected chi connectivity index (χ4v) is 2.55. The number of rotatable bonds is 3. The molecule has 23 heavy (non-hydrogen) atoms. The molecule has 6 nitrogen and oxygen atoms in total. The van der Waals surface area contributed by atoms with Gasteiger partial charge in [-0.2, -0.15) is 0 Å². The van der Waals surface area contributed by atoms with Crippen LogP contribution < -0.4 is 15.5 Å². The Balaban J connectivity index is 1.65. The van der Waals surface area contributed by atoms with E-state index in [1.807, 2.05) is 45.0 Å². The third kappa shape index (κ3) is 3.47. The van der Waals surface area contributed by atoms with Crippen LogP contribution in [0.5, 0.6) is 0 Å². The molecule has 0 radical (unpaired) electrons. The number of carbonyl (C=O) groups is 1. The molecule has 0 spiro atoms. The average molecular weight is 314 g/mol. The molecule has 3 rings (SSSR count). The van der Waals surface area contributed by atoms with Crippen molar-refractivity contribution in [3.05, 3.63) is 36.0 Å². The smallest absolute Gasteiger partial charge is 0.246 e. The molecule has 0 saturated carbocycles. The second-order valence-electron chi connectivity index (χ2n) is 6.74. The lowest BCUT2D eigenvalue weighted by Crippen LogP contribution is -2.39. The highest BCUT2D eigenvalue weighted by molar-refractivity contribution is 5.93. The number of para-hydroxylation sites is 2. The quantitative estimate of drug-likeness (QED) is 0.911. The van der Waals surface area contributed by atoms with Gasteiger partial charge in [0.1, 0.15) is 0 Å². The number of hydrogen-bond acceptors (Lipinski definition) is 5. The standard InChI is InChI=1S/C17H22N4O2/c1-17(2,3)14-10-16(23-20-14)19-15(22)11-21-9-8-18-12-6-4-5-7-13(12)21/h4-7,10,18H,8-9,11H2,1-3H3,(H,19,22). The molecule has 2 heterocycles. The van der Waals surface area contributed by atoms with Crippen molar-refractivity contribution >= 4 is 23.2 Å². The zero-order chi connectivity index (χ0) is 16.4. The summed E-state index contributed by atoms with van der Waals surface area (Å²) in [5, 5.41) is 10.1. The summed E-state index contributed by atoms with van der Waals surface area (Å²) in [5.74, 6) is 0.279. The normalized spacial score (nSPS) is 14.1. The van der Waals surface area contributed by atoms with Crippen LogP contribution in [0.4, 0.5) is 17.3 Å². The number of hydrogen-bond donors (Lipinski definition) is 2. The Labute approximate surface area is 135 Å². The van der Waals surface area contributed by atoms with Crippen LogP contribution in [-0.2, 0) is 10.2 Å². The Morgan fingerprint density at radius 1 is 1.39 bits per heavy atom. The molecule has 0 atom stereocenters. The summed E-state index contributed by atoms with van der Waals surface area (Å²) in [6.07, 6.45) is 0. The van der Waals surface area contributed by atoms with E-state index in [-0.39, 0.29) is 17.9 Å². The van der Waals surface area contributed by atoms with Gasteiger partial charge in [-0.1, -0.05) is 38.1 Å². The molecule has 2 N–H and O–H groups in total. The Hall–Kier alpha value is -2.50. The van der Waals surface area contributed by atoms with Gasteiger partial charge in [0.25, 0.3) is 0 Å². The highest BCUT2D eigenvalue weighted by Gasteiger charge is 2.21. The van der Waals surface area contributed by atoms with E-state index < -0.39 is 0 Å². The molecule has 0 unspecified atom stereocenters. The first kappa shape index (κ1) is 15.4. The third-order valence-corrected chi connectivity index (χ3v) is 3.82. The maximum Gasteiger partial charge on any atom is 0.246 e. The summed E-state index contributed by atoms with van der Waals surface area (Å²) in [4.78, 5) is 14.3. The maximum atomic E-state index is 12.3. The average Bonchev–Trinajstić information content (AvgIpc) is 2.96. The van der Waals surface area contributed by atoms with E-state index in [1.165, 1.54) is 0 Å². The van der Waals surface area contributed by atoms with Crippen molar-refractivity contribution < 1.29 is 9.32 Å². The predicted octanol–water partition coefficient (Wildman–Crippen LogP) is 2.84. The van der Waals surface area contributed by atoms with Crippen molar-refractivity contribution in [3.8, 4) is 0 Å². The van der Waals surface area contributed by atoms with Crippen molar-refractivity contribution in [1.82, 2.24) is 5.16 Å². The van der Waals surface area contributed by atoms with E-state index in [4.69, 9.17) is 4.52 Å². The molecule has 1 aliphatic heterocycles. The summed E-state index contributed by atoms with van der Waals surface area (Å²) in [6, 6.07) is 9.77. The van der Waals surface area contributed by atoms with Gasteiger partial charge in [-0.25, -0.2) is 0 Å². The minimum atomic E-state index is -0.113. The number of carbonyl (C=O) groups excluding carboxylic acids is 1. The number of benzene rings is 1. The van der Waals surface area contributed by atoms with Crippen LogP contribution in [0.1, 0.15) is 26.5 Å². The summed E-state index contributed by atoms with van der Waals surface area (Å²) in [5.41, 5.74) is 2.81. The number of nitrogens with zero attached hydrogens (tertiary/aromatic N) is 2. The van der Waals surface area contributed by atoms with Crippen molar-refractivity contribution in [2.24, 2.45) is 0 Å². The molecule has 1 amide bonds. The van der Waals surface area contributed by atoms with E-state index in [0.29, 0.717) is 5.88 Å². The van der Waals surface area contributed by atoms with Crippen LogP contribution in [0, 0.1) is 0 Å². The maximum absolute atomic E-state index is 12.3. The van der Waals surface area contributed by atoms with E-state index in [0.717, 1.165) is 30.2 Å². The number of anilines is 3. The number of nitrogens with one attached hydrogen (secondary N) is 2. The van der Waals surface area contributed by atoms with Gasteiger partial charge in [-0.05, 0) is 12.1 Å².